The van der Waals surface area contributed by atoms with E-state index in [1.807, 2.05) is 36.5 Å². The van der Waals surface area contributed by atoms with E-state index in [4.69, 9.17) is 9.72 Å². The Labute approximate surface area is 180 Å². The Morgan fingerprint density at radius 3 is 1.71 bits per heavy atom. The maximum Gasteiger partial charge on any atom is 0.143 e. The van der Waals surface area contributed by atoms with E-state index in [1.165, 1.54) is 5.39 Å². The third-order valence-corrected chi connectivity index (χ3v) is 5.76. The number of rotatable bonds is 3. The van der Waals surface area contributed by atoms with E-state index in [-0.39, 0.29) is 0 Å². The molecule has 0 N–H and O–H groups in total. The van der Waals surface area contributed by atoms with Crippen molar-refractivity contribution in [2.45, 2.75) is 0 Å². The molecule has 1 aromatic heterocycles. The van der Waals surface area contributed by atoms with E-state index in [0.29, 0.717) is 0 Å². The highest BCUT2D eigenvalue weighted by Gasteiger charge is 2.18. The van der Waals surface area contributed by atoms with Crippen LogP contribution in [0, 0.1) is 0 Å². The molecule has 0 saturated carbocycles. The summed E-state index contributed by atoms with van der Waals surface area (Å²) < 4.78 is 6.46. The molecule has 0 aliphatic heterocycles. The van der Waals surface area contributed by atoms with E-state index in [0.717, 1.165) is 49.7 Å². The molecule has 2 heteroatoms. The molecule has 31 heavy (non-hydrogen) atoms. The third kappa shape index (κ3) is 2.92. The fourth-order valence-corrected chi connectivity index (χ4v) is 4.38. The Hall–Kier alpha value is -4.17. The summed E-state index contributed by atoms with van der Waals surface area (Å²) in [5, 5.41) is 6.76. The Morgan fingerprint density at radius 2 is 1.03 bits per heavy atom. The summed E-state index contributed by atoms with van der Waals surface area (Å²) in [7, 11) is 0. The van der Waals surface area contributed by atoms with Crippen molar-refractivity contribution in [1.29, 1.82) is 0 Å². The van der Waals surface area contributed by atoms with Gasteiger partial charge in [-0.1, -0.05) is 91.0 Å². The van der Waals surface area contributed by atoms with Gasteiger partial charge in [-0.3, -0.25) is 4.98 Å². The van der Waals surface area contributed by atoms with Crippen LogP contribution in [0.1, 0.15) is 0 Å². The fourth-order valence-electron chi connectivity index (χ4n) is 4.38. The summed E-state index contributed by atoms with van der Waals surface area (Å²) in [4.78, 5) is 4.85. The SMILES string of the molecule is c1ccc(Oc2c3ccccc3c(-c3nccc4ccccc34)c3ccccc23)cc1. The number of benzene rings is 5. The zero-order chi connectivity index (χ0) is 20.6. The van der Waals surface area contributed by atoms with Crippen LogP contribution >= 0.6 is 0 Å². The lowest BCUT2D eigenvalue weighted by Gasteiger charge is -2.18. The number of hydrogen-bond donors (Lipinski definition) is 0. The van der Waals surface area contributed by atoms with Gasteiger partial charge in [-0.15, -0.1) is 0 Å². The van der Waals surface area contributed by atoms with Gasteiger partial charge >= 0.3 is 0 Å². The van der Waals surface area contributed by atoms with E-state index < -0.39 is 0 Å². The maximum atomic E-state index is 6.46. The lowest BCUT2D eigenvalue weighted by Crippen LogP contribution is -1.94. The van der Waals surface area contributed by atoms with Crippen molar-refractivity contribution in [1.82, 2.24) is 4.98 Å². The van der Waals surface area contributed by atoms with Gasteiger partial charge in [0.1, 0.15) is 11.5 Å². The average molecular weight is 397 g/mol. The minimum atomic E-state index is 0.828. The van der Waals surface area contributed by atoms with Gasteiger partial charge < -0.3 is 4.74 Å². The molecule has 1 heterocycles. The van der Waals surface area contributed by atoms with Gasteiger partial charge in [-0.25, -0.2) is 0 Å². The van der Waals surface area contributed by atoms with Gasteiger partial charge in [-0.2, -0.15) is 0 Å². The Balaban J connectivity index is 1.75. The number of nitrogens with zero attached hydrogens (tertiary/aromatic N) is 1. The molecule has 6 rings (SSSR count). The number of pyridine rings is 1. The van der Waals surface area contributed by atoms with Crippen molar-refractivity contribution in [2.75, 3.05) is 0 Å². The summed E-state index contributed by atoms with van der Waals surface area (Å²) in [5.74, 6) is 1.70. The van der Waals surface area contributed by atoms with Gasteiger partial charge in [0, 0.05) is 27.9 Å². The Kier molecular flexibility index (Phi) is 4.14. The highest BCUT2D eigenvalue weighted by atomic mass is 16.5. The number of fused-ring (bicyclic) bond motifs is 3. The zero-order valence-electron chi connectivity index (χ0n) is 16.8. The molecule has 146 valence electrons. The second-order valence-electron chi connectivity index (χ2n) is 7.59. The van der Waals surface area contributed by atoms with Gasteiger partial charge in [0.25, 0.3) is 0 Å². The number of aromatic nitrogens is 1. The number of para-hydroxylation sites is 1. The molecule has 0 aliphatic rings. The zero-order valence-corrected chi connectivity index (χ0v) is 16.8. The van der Waals surface area contributed by atoms with Crippen LogP contribution in [0.4, 0.5) is 0 Å². The minimum Gasteiger partial charge on any atom is -0.456 e. The quantitative estimate of drug-likeness (QED) is 0.282. The van der Waals surface area contributed by atoms with Crippen LogP contribution in [-0.2, 0) is 0 Å². The molecule has 0 saturated heterocycles. The summed E-state index contributed by atoms with van der Waals surface area (Å²) in [6.07, 6.45) is 1.90. The first-order chi connectivity index (χ1) is 15.4. The molecule has 0 amide bonds. The molecule has 0 aliphatic carbocycles. The summed E-state index contributed by atoms with van der Waals surface area (Å²) in [6, 6.07) is 37.3. The lowest BCUT2D eigenvalue weighted by molar-refractivity contribution is 0.494. The molecule has 0 bridgehead atoms. The number of hydrogen-bond acceptors (Lipinski definition) is 2. The molecule has 0 radical (unpaired) electrons. The molecule has 5 aromatic carbocycles. The van der Waals surface area contributed by atoms with Gasteiger partial charge in [-0.05, 0) is 34.4 Å². The average Bonchev–Trinajstić information content (AvgIpc) is 2.84. The van der Waals surface area contributed by atoms with Crippen LogP contribution in [-0.4, -0.2) is 4.98 Å². The van der Waals surface area contributed by atoms with Crippen LogP contribution in [0.25, 0.3) is 43.6 Å². The molecule has 0 fully saturated rings. The van der Waals surface area contributed by atoms with Gasteiger partial charge in [0.2, 0.25) is 0 Å². The predicted octanol–water partition coefficient (Wildman–Crippen LogP) is 8.00. The molecule has 0 spiro atoms. The summed E-state index contributed by atoms with van der Waals surface area (Å²) in [6.45, 7) is 0. The fraction of sp³-hybridized carbons (Fsp3) is 0. The van der Waals surface area contributed by atoms with E-state index in [1.54, 1.807) is 0 Å². The molecule has 6 aromatic rings. The Bertz CT molecular complexity index is 1490. The number of ether oxygens (including phenoxy) is 1. The van der Waals surface area contributed by atoms with Crippen molar-refractivity contribution in [3.8, 4) is 22.8 Å². The smallest absolute Gasteiger partial charge is 0.143 e. The highest BCUT2D eigenvalue weighted by Crippen LogP contribution is 2.45. The van der Waals surface area contributed by atoms with Crippen molar-refractivity contribution in [3.05, 3.63) is 115 Å². The summed E-state index contributed by atoms with van der Waals surface area (Å²) in [5.41, 5.74) is 2.14. The van der Waals surface area contributed by atoms with E-state index >= 15 is 0 Å². The molecule has 0 unspecified atom stereocenters. The minimum absolute atomic E-state index is 0.828. The molecular formula is C29H19NO. The predicted molar refractivity (Wildman–Crippen MR) is 129 cm³/mol. The maximum absolute atomic E-state index is 6.46. The topological polar surface area (TPSA) is 22.1 Å². The van der Waals surface area contributed by atoms with E-state index in [2.05, 4.69) is 78.9 Å². The first kappa shape index (κ1) is 17.7. The van der Waals surface area contributed by atoms with Crippen molar-refractivity contribution >= 4 is 32.3 Å². The third-order valence-electron chi connectivity index (χ3n) is 5.76. The lowest BCUT2D eigenvalue weighted by atomic mass is 9.91. The summed E-state index contributed by atoms with van der Waals surface area (Å²) >= 11 is 0. The van der Waals surface area contributed by atoms with Crippen molar-refractivity contribution in [2.24, 2.45) is 0 Å². The van der Waals surface area contributed by atoms with Gasteiger partial charge in [0.05, 0.1) is 5.69 Å². The van der Waals surface area contributed by atoms with E-state index in [9.17, 15) is 0 Å². The first-order valence-corrected chi connectivity index (χ1v) is 10.4. The van der Waals surface area contributed by atoms with Crippen LogP contribution < -0.4 is 4.74 Å². The highest BCUT2D eigenvalue weighted by molar-refractivity contribution is 6.19. The normalized spacial score (nSPS) is 11.2. The van der Waals surface area contributed by atoms with Crippen LogP contribution in [0.2, 0.25) is 0 Å². The molecule has 2 nitrogen and oxygen atoms in total. The molecular weight excluding hydrogens is 378 g/mol. The standard InChI is InChI=1S/C29H19NO/c1-2-11-21(12-3-1)31-29-25-16-8-6-14-23(25)27(24-15-7-9-17-26(24)29)28-22-13-5-4-10-20(22)18-19-30-28/h1-19H. The van der Waals surface area contributed by atoms with Crippen LogP contribution in [0.3, 0.4) is 0 Å². The first-order valence-electron chi connectivity index (χ1n) is 10.4. The second kappa shape index (κ2) is 7.26. The van der Waals surface area contributed by atoms with Gasteiger partial charge in [0.15, 0.2) is 0 Å². The molecule has 0 atom stereocenters. The van der Waals surface area contributed by atoms with Crippen LogP contribution in [0.5, 0.6) is 11.5 Å². The largest absolute Gasteiger partial charge is 0.456 e. The monoisotopic (exact) mass is 397 g/mol. The second-order valence-corrected chi connectivity index (χ2v) is 7.59. The van der Waals surface area contributed by atoms with Crippen LogP contribution in [0.15, 0.2) is 115 Å². The van der Waals surface area contributed by atoms with Crippen molar-refractivity contribution in [3.63, 3.8) is 0 Å². The Morgan fingerprint density at radius 1 is 0.484 bits per heavy atom. The van der Waals surface area contributed by atoms with Crippen molar-refractivity contribution < 1.29 is 4.74 Å².